The molecule has 0 spiro atoms. The average Bonchev–Trinajstić information content (AvgIpc) is 3.29. The minimum Gasteiger partial charge on any atom is -0.348 e. The highest BCUT2D eigenvalue weighted by Gasteiger charge is 2.07. The molecule has 4 aromatic rings. The number of rotatable bonds is 5. The zero-order valence-electron chi connectivity index (χ0n) is 14.3. The van der Waals surface area contributed by atoms with Gasteiger partial charge in [-0.25, -0.2) is 9.67 Å². The zero-order chi connectivity index (χ0) is 18.6. The van der Waals surface area contributed by atoms with E-state index in [2.05, 4.69) is 15.4 Å². The molecule has 0 radical (unpaired) electrons. The molecule has 4 rings (SSSR count). The molecule has 1 amide bonds. The van der Waals surface area contributed by atoms with E-state index in [1.54, 1.807) is 17.0 Å². The molecule has 3 heterocycles. The SMILES string of the molecule is O=C(/C=C/c1c(Cl)nc2ccccn12)NCc1cnn(-c2ccccc2)c1. The standard InChI is InChI=1S/C20H16ClN5O/c21-20-17(25-11-5-4-8-18(25)24-20)9-10-19(27)22-12-15-13-23-26(14-15)16-6-2-1-3-7-16/h1-11,13-14H,12H2,(H,22,27)/b10-9+. The number of imidazole rings is 1. The molecule has 0 unspecified atom stereocenters. The summed E-state index contributed by atoms with van der Waals surface area (Å²) in [6.07, 6.45) is 8.58. The molecule has 1 aromatic carbocycles. The van der Waals surface area contributed by atoms with Crippen molar-refractivity contribution in [1.82, 2.24) is 24.5 Å². The third-order valence-corrected chi connectivity index (χ3v) is 4.32. The van der Waals surface area contributed by atoms with Gasteiger partial charge in [0.25, 0.3) is 0 Å². The molecule has 0 bridgehead atoms. The first-order valence-electron chi connectivity index (χ1n) is 8.38. The number of benzene rings is 1. The summed E-state index contributed by atoms with van der Waals surface area (Å²) in [5, 5.41) is 7.51. The van der Waals surface area contributed by atoms with Gasteiger partial charge in [0.15, 0.2) is 5.15 Å². The first-order chi connectivity index (χ1) is 13.2. The summed E-state index contributed by atoms with van der Waals surface area (Å²) in [6.45, 7) is 0.386. The van der Waals surface area contributed by atoms with E-state index in [1.165, 1.54) is 6.08 Å². The van der Waals surface area contributed by atoms with E-state index >= 15 is 0 Å². The average molecular weight is 378 g/mol. The summed E-state index contributed by atoms with van der Waals surface area (Å²) < 4.78 is 3.60. The van der Waals surface area contributed by atoms with Gasteiger partial charge >= 0.3 is 0 Å². The topological polar surface area (TPSA) is 64.2 Å². The molecule has 0 saturated heterocycles. The predicted octanol–water partition coefficient (Wildman–Crippen LogP) is 3.50. The fraction of sp³-hybridized carbons (Fsp3) is 0.0500. The van der Waals surface area contributed by atoms with Gasteiger partial charge < -0.3 is 5.32 Å². The predicted molar refractivity (Wildman–Crippen MR) is 105 cm³/mol. The first-order valence-corrected chi connectivity index (χ1v) is 8.76. The number of nitrogens with one attached hydrogen (secondary N) is 1. The van der Waals surface area contributed by atoms with Crippen LogP contribution in [0.1, 0.15) is 11.3 Å². The van der Waals surface area contributed by atoms with Gasteiger partial charge in [0.1, 0.15) is 5.65 Å². The maximum atomic E-state index is 12.1. The van der Waals surface area contributed by atoms with Crippen LogP contribution >= 0.6 is 11.6 Å². The van der Waals surface area contributed by atoms with Crippen LogP contribution in [-0.4, -0.2) is 25.1 Å². The Morgan fingerprint density at radius 1 is 1.15 bits per heavy atom. The Bertz CT molecular complexity index is 1110. The van der Waals surface area contributed by atoms with Gasteiger partial charge in [-0.3, -0.25) is 9.20 Å². The fourth-order valence-corrected chi connectivity index (χ4v) is 2.95. The second-order valence-electron chi connectivity index (χ2n) is 5.90. The highest BCUT2D eigenvalue weighted by molar-refractivity contribution is 6.31. The van der Waals surface area contributed by atoms with Crippen molar-refractivity contribution < 1.29 is 4.79 Å². The van der Waals surface area contributed by atoms with E-state index in [9.17, 15) is 4.79 Å². The van der Waals surface area contributed by atoms with Gasteiger partial charge in [0, 0.05) is 30.6 Å². The molecule has 6 nitrogen and oxygen atoms in total. The number of nitrogens with zero attached hydrogens (tertiary/aromatic N) is 4. The van der Waals surface area contributed by atoms with Crippen LogP contribution in [0.3, 0.4) is 0 Å². The van der Waals surface area contributed by atoms with Crippen molar-refractivity contribution in [3.05, 3.63) is 89.6 Å². The number of hydrogen-bond acceptors (Lipinski definition) is 3. The number of para-hydroxylation sites is 1. The van der Waals surface area contributed by atoms with Crippen molar-refractivity contribution in [2.45, 2.75) is 6.54 Å². The van der Waals surface area contributed by atoms with E-state index in [0.29, 0.717) is 17.4 Å². The second-order valence-corrected chi connectivity index (χ2v) is 6.25. The summed E-state index contributed by atoms with van der Waals surface area (Å²) in [4.78, 5) is 16.4. The van der Waals surface area contributed by atoms with Gasteiger partial charge in [-0.15, -0.1) is 0 Å². The normalized spacial score (nSPS) is 11.3. The lowest BCUT2D eigenvalue weighted by molar-refractivity contribution is -0.116. The van der Waals surface area contributed by atoms with E-state index in [0.717, 1.165) is 16.9 Å². The minimum atomic E-state index is -0.218. The van der Waals surface area contributed by atoms with Gasteiger partial charge in [-0.2, -0.15) is 5.10 Å². The minimum absolute atomic E-state index is 0.218. The molecule has 134 valence electrons. The van der Waals surface area contributed by atoms with E-state index < -0.39 is 0 Å². The highest BCUT2D eigenvalue weighted by atomic mass is 35.5. The first kappa shape index (κ1) is 17.1. The van der Waals surface area contributed by atoms with Gasteiger partial charge in [-0.1, -0.05) is 35.9 Å². The largest absolute Gasteiger partial charge is 0.348 e. The molecule has 1 N–H and O–H groups in total. The Morgan fingerprint density at radius 3 is 2.81 bits per heavy atom. The van der Waals surface area contributed by atoms with Crippen molar-refractivity contribution in [3.8, 4) is 5.69 Å². The molecule has 0 aliphatic heterocycles. The van der Waals surface area contributed by atoms with Crippen LogP contribution in [0.2, 0.25) is 5.15 Å². The van der Waals surface area contributed by atoms with Crippen molar-refractivity contribution >= 4 is 29.2 Å². The summed E-state index contributed by atoms with van der Waals surface area (Å²) >= 11 is 6.16. The summed E-state index contributed by atoms with van der Waals surface area (Å²) in [6, 6.07) is 15.4. The zero-order valence-corrected chi connectivity index (χ0v) is 15.0. The number of carbonyl (C=O) groups excluding carboxylic acids is 1. The Hall–Kier alpha value is -3.38. The quantitative estimate of drug-likeness (QED) is 0.541. The van der Waals surface area contributed by atoms with Crippen LogP contribution < -0.4 is 5.32 Å². The molecule has 0 saturated carbocycles. The molecule has 3 aromatic heterocycles. The van der Waals surface area contributed by atoms with Crippen LogP contribution in [0, 0.1) is 0 Å². The smallest absolute Gasteiger partial charge is 0.244 e. The molecular formula is C20H16ClN5O. The van der Waals surface area contributed by atoms with Crippen molar-refractivity contribution in [2.75, 3.05) is 0 Å². The third kappa shape index (κ3) is 3.75. The molecule has 0 aliphatic rings. The third-order valence-electron chi connectivity index (χ3n) is 4.04. The number of amides is 1. The molecule has 0 fully saturated rings. The van der Waals surface area contributed by atoms with Crippen molar-refractivity contribution in [2.24, 2.45) is 0 Å². The van der Waals surface area contributed by atoms with Crippen LogP contribution in [0.15, 0.2) is 73.2 Å². The second kappa shape index (κ2) is 7.47. The van der Waals surface area contributed by atoms with Crippen molar-refractivity contribution in [1.29, 1.82) is 0 Å². The summed E-state index contributed by atoms with van der Waals surface area (Å²) in [5.74, 6) is -0.218. The highest BCUT2D eigenvalue weighted by Crippen LogP contribution is 2.18. The maximum Gasteiger partial charge on any atom is 0.244 e. The van der Waals surface area contributed by atoms with Crippen LogP contribution in [0.25, 0.3) is 17.4 Å². The monoisotopic (exact) mass is 377 g/mol. The van der Waals surface area contributed by atoms with Gasteiger partial charge in [0.05, 0.1) is 17.6 Å². The number of aromatic nitrogens is 4. The number of pyridine rings is 1. The lowest BCUT2D eigenvalue weighted by Crippen LogP contribution is -2.19. The Balaban J connectivity index is 1.41. The summed E-state index contributed by atoms with van der Waals surface area (Å²) in [7, 11) is 0. The number of fused-ring (bicyclic) bond motifs is 1. The molecule has 0 atom stereocenters. The van der Waals surface area contributed by atoms with E-state index in [-0.39, 0.29) is 5.91 Å². The van der Waals surface area contributed by atoms with Gasteiger partial charge in [-0.05, 0) is 30.3 Å². The fourth-order valence-electron chi connectivity index (χ4n) is 2.71. The number of halogens is 1. The molecule has 0 aliphatic carbocycles. The molecule has 27 heavy (non-hydrogen) atoms. The Labute approximate surface area is 160 Å². The van der Waals surface area contributed by atoms with Crippen LogP contribution in [0.4, 0.5) is 0 Å². The maximum absolute atomic E-state index is 12.1. The van der Waals surface area contributed by atoms with E-state index in [1.807, 2.05) is 65.3 Å². The lowest BCUT2D eigenvalue weighted by Gasteiger charge is -2.00. The van der Waals surface area contributed by atoms with Crippen molar-refractivity contribution in [3.63, 3.8) is 0 Å². The molecule has 7 heteroatoms. The Kier molecular flexibility index (Phi) is 4.72. The molecular weight excluding hydrogens is 362 g/mol. The van der Waals surface area contributed by atoms with Crippen LogP contribution in [0.5, 0.6) is 0 Å². The van der Waals surface area contributed by atoms with Crippen LogP contribution in [-0.2, 0) is 11.3 Å². The number of hydrogen-bond donors (Lipinski definition) is 1. The van der Waals surface area contributed by atoms with Gasteiger partial charge in [0.2, 0.25) is 5.91 Å². The van der Waals surface area contributed by atoms with E-state index in [4.69, 9.17) is 11.6 Å². The summed E-state index contributed by atoms with van der Waals surface area (Å²) in [5.41, 5.74) is 3.28. The lowest BCUT2D eigenvalue weighted by atomic mass is 10.3. The number of carbonyl (C=O) groups is 1. The Morgan fingerprint density at radius 2 is 1.96 bits per heavy atom.